The molecule has 4 nitrogen and oxygen atoms in total. The van der Waals surface area contributed by atoms with Gasteiger partial charge < -0.3 is 11.1 Å². The molecule has 0 fully saturated rings. The van der Waals surface area contributed by atoms with Crippen LogP contribution in [-0.2, 0) is 9.59 Å². The molecule has 2 aliphatic rings. The maximum atomic E-state index is 12.2. The summed E-state index contributed by atoms with van der Waals surface area (Å²) in [6.45, 7) is 0. The van der Waals surface area contributed by atoms with Crippen LogP contribution in [0.3, 0.4) is 0 Å². The van der Waals surface area contributed by atoms with Crippen molar-refractivity contribution in [3.05, 3.63) is 47.2 Å². The maximum Gasteiger partial charge on any atom is 0.237 e. The first-order chi connectivity index (χ1) is 9.68. The summed E-state index contributed by atoms with van der Waals surface area (Å²) in [6.07, 6.45) is 4.00. The average molecular weight is 270 g/mol. The number of carbonyl (C=O) groups excluding carboxylic acids is 2. The van der Waals surface area contributed by atoms with E-state index in [1.54, 1.807) is 0 Å². The van der Waals surface area contributed by atoms with E-state index >= 15 is 0 Å². The second-order valence-electron chi connectivity index (χ2n) is 5.47. The highest BCUT2D eigenvalue weighted by molar-refractivity contribution is 6.02. The summed E-state index contributed by atoms with van der Waals surface area (Å²) in [5, 5.41) is 2.89. The number of allylic oxidation sites excluding steroid dienone is 2. The first-order valence-electron chi connectivity index (χ1n) is 7.05. The third-order valence-electron chi connectivity index (χ3n) is 4.24. The smallest absolute Gasteiger partial charge is 0.237 e. The Morgan fingerprint density at radius 2 is 1.85 bits per heavy atom. The van der Waals surface area contributed by atoms with E-state index in [0.29, 0.717) is 0 Å². The van der Waals surface area contributed by atoms with E-state index in [1.807, 2.05) is 30.3 Å². The fraction of sp³-hybridized carbons (Fsp3) is 0.375. The molecular formula is C16H18N2O2. The van der Waals surface area contributed by atoms with Crippen LogP contribution in [0.25, 0.3) is 0 Å². The van der Waals surface area contributed by atoms with Gasteiger partial charge in [-0.15, -0.1) is 0 Å². The lowest BCUT2D eigenvalue weighted by Gasteiger charge is -2.36. The summed E-state index contributed by atoms with van der Waals surface area (Å²) in [6, 6.07) is 9.74. The molecule has 0 aromatic heterocycles. The van der Waals surface area contributed by atoms with Gasteiger partial charge in [-0.1, -0.05) is 30.3 Å². The van der Waals surface area contributed by atoms with Crippen LogP contribution < -0.4 is 11.1 Å². The van der Waals surface area contributed by atoms with E-state index < -0.39 is 11.8 Å². The highest BCUT2D eigenvalue weighted by Crippen LogP contribution is 2.42. The van der Waals surface area contributed by atoms with Crippen LogP contribution >= 0.6 is 0 Å². The van der Waals surface area contributed by atoms with Gasteiger partial charge in [0.25, 0.3) is 0 Å². The van der Waals surface area contributed by atoms with Crippen LogP contribution in [0, 0.1) is 5.92 Å². The normalized spacial score (nSPS) is 25.9. The number of amides is 2. The first-order valence-corrected chi connectivity index (χ1v) is 7.05. The minimum absolute atomic E-state index is 0.197. The fourth-order valence-corrected chi connectivity index (χ4v) is 3.34. The minimum Gasteiger partial charge on any atom is -0.369 e. The number of hydrogen-bond donors (Lipinski definition) is 2. The standard InChI is InChI=1S/C16H18N2O2/c17-15(19)14-13(10-6-2-1-3-7-10)11-8-4-5-9-12(11)18-16(14)20/h1-3,6-7,13-14H,4-5,8-9H2,(H2,17,19)(H,18,20). The monoisotopic (exact) mass is 270 g/mol. The predicted molar refractivity (Wildman–Crippen MR) is 75.5 cm³/mol. The molecule has 1 aliphatic carbocycles. The Morgan fingerprint density at radius 1 is 1.15 bits per heavy atom. The Hall–Kier alpha value is -2.10. The summed E-state index contributed by atoms with van der Waals surface area (Å²) >= 11 is 0. The second kappa shape index (κ2) is 5.12. The molecule has 1 heterocycles. The fourth-order valence-electron chi connectivity index (χ4n) is 3.34. The quantitative estimate of drug-likeness (QED) is 0.805. The zero-order valence-electron chi connectivity index (χ0n) is 11.3. The van der Waals surface area contributed by atoms with Gasteiger partial charge in [0.15, 0.2) is 0 Å². The molecule has 0 radical (unpaired) electrons. The van der Waals surface area contributed by atoms with Gasteiger partial charge in [0.2, 0.25) is 11.8 Å². The van der Waals surface area contributed by atoms with Crippen LogP contribution in [0.15, 0.2) is 41.6 Å². The largest absolute Gasteiger partial charge is 0.369 e. The maximum absolute atomic E-state index is 12.2. The van der Waals surface area contributed by atoms with Crippen LogP contribution in [0.1, 0.15) is 37.2 Å². The van der Waals surface area contributed by atoms with E-state index in [1.165, 1.54) is 5.57 Å². The Kier molecular flexibility index (Phi) is 3.30. The number of carbonyl (C=O) groups is 2. The van der Waals surface area contributed by atoms with Gasteiger partial charge in [-0.3, -0.25) is 9.59 Å². The van der Waals surface area contributed by atoms with E-state index in [4.69, 9.17) is 5.73 Å². The van der Waals surface area contributed by atoms with Gasteiger partial charge in [0.1, 0.15) is 5.92 Å². The number of benzene rings is 1. The van der Waals surface area contributed by atoms with Gasteiger partial charge >= 0.3 is 0 Å². The Bertz CT molecular complexity index is 577. The predicted octanol–water partition coefficient (Wildman–Crippen LogP) is 1.83. The molecule has 2 atom stereocenters. The van der Waals surface area contributed by atoms with Gasteiger partial charge in [0, 0.05) is 11.6 Å². The number of nitrogens with one attached hydrogen (secondary N) is 1. The van der Waals surface area contributed by atoms with Crippen LogP contribution in [0.2, 0.25) is 0 Å². The summed E-state index contributed by atoms with van der Waals surface area (Å²) in [4.78, 5) is 24.0. The van der Waals surface area contributed by atoms with Crippen molar-refractivity contribution in [3.63, 3.8) is 0 Å². The van der Waals surface area contributed by atoms with Crippen molar-refractivity contribution in [2.45, 2.75) is 31.6 Å². The number of primary amides is 1. The molecule has 1 aromatic carbocycles. The van der Waals surface area contributed by atoms with Crippen LogP contribution in [-0.4, -0.2) is 11.8 Å². The van der Waals surface area contributed by atoms with Crippen molar-refractivity contribution in [2.24, 2.45) is 11.7 Å². The van der Waals surface area contributed by atoms with E-state index in [2.05, 4.69) is 5.32 Å². The first kappa shape index (κ1) is 12.9. The number of rotatable bonds is 2. The SMILES string of the molecule is NC(=O)C1C(=O)NC2=C(CCCC2)C1c1ccccc1. The third-order valence-corrected chi connectivity index (χ3v) is 4.24. The van der Waals surface area contributed by atoms with E-state index in [-0.39, 0.29) is 11.8 Å². The summed E-state index contributed by atoms with van der Waals surface area (Å²) in [5.41, 5.74) is 8.68. The highest BCUT2D eigenvalue weighted by atomic mass is 16.2. The molecule has 0 bridgehead atoms. The van der Waals surface area contributed by atoms with Crippen LogP contribution in [0.4, 0.5) is 0 Å². The molecule has 1 aromatic rings. The Balaban J connectivity index is 2.12. The van der Waals surface area contributed by atoms with Gasteiger partial charge in [0.05, 0.1) is 0 Å². The third kappa shape index (κ3) is 2.11. The molecule has 20 heavy (non-hydrogen) atoms. The molecule has 3 N–H and O–H groups in total. The van der Waals surface area contributed by atoms with Crippen LogP contribution in [0.5, 0.6) is 0 Å². The molecule has 0 saturated heterocycles. The van der Waals surface area contributed by atoms with Crippen molar-refractivity contribution < 1.29 is 9.59 Å². The van der Waals surface area contributed by atoms with Crippen molar-refractivity contribution >= 4 is 11.8 Å². The zero-order valence-corrected chi connectivity index (χ0v) is 11.3. The summed E-state index contributed by atoms with van der Waals surface area (Å²) in [5.74, 6) is -1.80. The average Bonchev–Trinajstić information content (AvgIpc) is 2.46. The lowest BCUT2D eigenvalue weighted by molar-refractivity contribution is -0.134. The zero-order chi connectivity index (χ0) is 14.1. The van der Waals surface area contributed by atoms with Crippen molar-refractivity contribution in [3.8, 4) is 0 Å². The number of hydrogen-bond acceptors (Lipinski definition) is 2. The molecular weight excluding hydrogens is 252 g/mol. The van der Waals surface area contributed by atoms with Crippen molar-refractivity contribution in [2.75, 3.05) is 0 Å². The Labute approximate surface area is 118 Å². The lowest BCUT2D eigenvalue weighted by Crippen LogP contribution is -2.47. The minimum atomic E-state index is -0.797. The molecule has 2 unspecified atom stereocenters. The number of nitrogens with two attached hydrogens (primary N) is 1. The van der Waals surface area contributed by atoms with Gasteiger partial charge in [-0.2, -0.15) is 0 Å². The summed E-state index contributed by atoms with van der Waals surface area (Å²) in [7, 11) is 0. The molecule has 3 rings (SSSR count). The van der Waals surface area contributed by atoms with E-state index in [0.717, 1.165) is 36.9 Å². The second-order valence-corrected chi connectivity index (χ2v) is 5.47. The summed E-state index contributed by atoms with van der Waals surface area (Å²) < 4.78 is 0. The Morgan fingerprint density at radius 3 is 2.55 bits per heavy atom. The molecule has 104 valence electrons. The molecule has 0 saturated carbocycles. The van der Waals surface area contributed by atoms with Gasteiger partial charge in [-0.05, 0) is 36.8 Å². The van der Waals surface area contributed by atoms with E-state index in [9.17, 15) is 9.59 Å². The molecule has 4 heteroatoms. The van der Waals surface area contributed by atoms with Crippen molar-refractivity contribution in [1.29, 1.82) is 0 Å². The molecule has 0 spiro atoms. The highest BCUT2D eigenvalue weighted by Gasteiger charge is 2.42. The molecule has 2 amide bonds. The lowest BCUT2D eigenvalue weighted by atomic mass is 9.72. The molecule has 1 aliphatic heterocycles. The topological polar surface area (TPSA) is 72.2 Å². The van der Waals surface area contributed by atoms with Crippen molar-refractivity contribution in [1.82, 2.24) is 5.32 Å². The van der Waals surface area contributed by atoms with Gasteiger partial charge in [-0.25, -0.2) is 0 Å².